The van der Waals surface area contributed by atoms with Crippen LogP contribution in [0.2, 0.25) is 0 Å². The Hall–Kier alpha value is -2.10. The van der Waals surface area contributed by atoms with E-state index in [9.17, 15) is 9.59 Å². The number of aryl methyl sites for hydroxylation is 1. The molecule has 0 bridgehead atoms. The highest BCUT2D eigenvalue weighted by atomic mass is 16.2. The molecule has 0 unspecified atom stereocenters. The van der Waals surface area contributed by atoms with Gasteiger partial charge in [0.2, 0.25) is 5.91 Å². The summed E-state index contributed by atoms with van der Waals surface area (Å²) in [4.78, 5) is 27.9. The number of pyridine rings is 1. The fourth-order valence-corrected chi connectivity index (χ4v) is 4.46. The molecule has 1 aliphatic rings. The van der Waals surface area contributed by atoms with Crippen LogP contribution in [0.1, 0.15) is 69.9 Å². The number of fused-ring (bicyclic) bond motifs is 1. The van der Waals surface area contributed by atoms with Gasteiger partial charge in [-0.1, -0.05) is 39.2 Å². The normalized spacial score (nSPS) is 20.0. The van der Waals surface area contributed by atoms with Crippen LogP contribution in [0.15, 0.2) is 23.0 Å². The summed E-state index contributed by atoms with van der Waals surface area (Å²) in [6.07, 6.45) is 8.90. The Balaban J connectivity index is 1.68. The van der Waals surface area contributed by atoms with Crippen LogP contribution in [0.4, 0.5) is 5.69 Å². The molecule has 0 saturated heterocycles. The smallest absolute Gasteiger partial charge is 0.251 e. The third-order valence-electron chi connectivity index (χ3n) is 6.20. The van der Waals surface area contributed by atoms with E-state index >= 15 is 0 Å². The van der Waals surface area contributed by atoms with Gasteiger partial charge in [0.05, 0.1) is 5.52 Å². The first-order valence-electron chi connectivity index (χ1n) is 10.5. The Kier molecular flexibility index (Phi) is 6.35. The zero-order valence-corrected chi connectivity index (χ0v) is 16.9. The lowest BCUT2D eigenvalue weighted by Crippen LogP contribution is -2.27. The number of H-pyrrole nitrogens is 1. The van der Waals surface area contributed by atoms with Crippen molar-refractivity contribution in [3.63, 3.8) is 0 Å². The molecule has 4 heteroatoms. The van der Waals surface area contributed by atoms with Crippen molar-refractivity contribution in [1.82, 2.24) is 4.98 Å². The predicted octanol–water partition coefficient (Wildman–Crippen LogP) is 5.33. The van der Waals surface area contributed by atoms with Gasteiger partial charge in [-0.15, -0.1) is 0 Å². The van der Waals surface area contributed by atoms with E-state index in [2.05, 4.69) is 17.2 Å². The fraction of sp³-hybridized carbons (Fsp3) is 0.565. The number of rotatable bonds is 6. The highest BCUT2D eigenvalue weighted by Gasteiger charge is 2.26. The van der Waals surface area contributed by atoms with E-state index in [1.165, 1.54) is 32.1 Å². The van der Waals surface area contributed by atoms with Crippen molar-refractivity contribution in [3.05, 3.63) is 39.7 Å². The number of carbonyl (C=O) groups excluding carboxylic acids is 1. The van der Waals surface area contributed by atoms with Gasteiger partial charge in [-0.25, -0.2) is 0 Å². The zero-order valence-electron chi connectivity index (χ0n) is 16.9. The number of nitrogens with one attached hydrogen (secondary N) is 2. The van der Waals surface area contributed by atoms with Crippen LogP contribution in [-0.4, -0.2) is 10.9 Å². The van der Waals surface area contributed by atoms with Crippen molar-refractivity contribution in [2.24, 2.45) is 11.8 Å². The van der Waals surface area contributed by atoms with Crippen molar-refractivity contribution >= 4 is 22.5 Å². The number of aromatic amines is 1. The quantitative estimate of drug-likeness (QED) is 0.723. The molecule has 2 N–H and O–H groups in total. The van der Waals surface area contributed by atoms with Gasteiger partial charge < -0.3 is 10.3 Å². The van der Waals surface area contributed by atoms with Crippen LogP contribution < -0.4 is 10.9 Å². The summed E-state index contributed by atoms with van der Waals surface area (Å²) in [5, 5.41) is 4.11. The monoisotopic (exact) mass is 368 g/mol. The summed E-state index contributed by atoms with van der Waals surface area (Å²) in [5.41, 5.74) is 3.38. The third-order valence-corrected chi connectivity index (χ3v) is 6.20. The second-order valence-corrected chi connectivity index (χ2v) is 8.02. The van der Waals surface area contributed by atoms with E-state index in [0.717, 1.165) is 52.9 Å². The Morgan fingerprint density at radius 3 is 2.59 bits per heavy atom. The van der Waals surface area contributed by atoms with Gasteiger partial charge in [-0.3, -0.25) is 9.59 Å². The maximum absolute atomic E-state index is 12.7. The van der Waals surface area contributed by atoms with E-state index in [4.69, 9.17) is 0 Å². The second-order valence-electron chi connectivity index (χ2n) is 8.02. The lowest BCUT2D eigenvalue weighted by molar-refractivity contribution is -0.121. The van der Waals surface area contributed by atoms with Crippen LogP contribution >= 0.6 is 0 Å². The summed E-state index contributed by atoms with van der Waals surface area (Å²) < 4.78 is 0. The van der Waals surface area contributed by atoms with Gasteiger partial charge in [-0.05, 0) is 62.6 Å². The van der Waals surface area contributed by atoms with Crippen LogP contribution in [-0.2, 0) is 11.2 Å². The molecule has 146 valence electrons. The van der Waals surface area contributed by atoms with E-state index in [1.54, 1.807) is 0 Å². The van der Waals surface area contributed by atoms with Gasteiger partial charge in [0, 0.05) is 22.6 Å². The largest absolute Gasteiger partial charge is 0.326 e. The van der Waals surface area contributed by atoms with Crippen LogP contribution in [0, 0.1) is 18.8 Å². The number of anilines is 1. The summed E-state index contributed by atoms with van der Waals surface area (Å²) in [7, 11) is 0. The average molecular weight is 369 g/mol. The third kappa shape index (κ3) is 4.42. The van der Waals surface area contributed by atoms with Crippen LogP contribution in [0.25, 0.3) is 10.9 Å². The van der Waals surface area contributed by atoms with E-state index in [-0.39, 0.29) is 17.4 Å². The molecule has 1 aliphatic carbocycles. The maximum Gasteiger partial charge on any atom is 0.251 e. The summed E-state index contributed by atoms with van der Waals surface area (Å²) in [6, 6.07) is 5.82. The molecule has 4 nitrogen and oxygen atoms in total. The number of amides is 1. The summed E-state index contributed by atoms with van der Waals surface area (Å²) in [6.45, 7) is 6.22. The zero-order chi connectivity index (χ0) is 19.4. The van der Waals surface area contributed by atoms with Crippen molar-refractivity contribution in [2.75, 3.05) is 5.32 Å². The minimum Gasteiger partial charge on any atom is -0.326 e. The molecule has 27 heavy (non-hydrogen) atoms. The summed E-state index contributed by atoms with van der Waals surface area (Å²) in [5.74, 6) is 1.03. The molecule has 3 rings (SSSR count). The molecule has 1 aromatic heterocycles. The Morgan fingerprint density at radius 2 is 1.93 bits per heavy atom. The second kappa shape index (κ2) is 8.73. The molecular weight excluding hydrogens is 336 g/mol. The van der Waals surface area contributed by atoms with Gasteiger partial charge in [-0.2, -0.15) is 0 Å². The predicted molar refractivity (Wildman–Crippen MR) is 112 cm³/mol. The molecule has 1 saturated carbocycles. The number of hydrogen-bond acceptors (Lipinski definition) is 2. The van der Waals surface area contributed by atoms with E-state index in [0.29, 0.717) is 0 Å². The Morgan fingerprint density at radius 1 is 1.19 bits per heavy atom. The van der Waals surface area contributed by atoms with Crippen LogP contribution in [0.5, 0.6) is 0 Å². The topological polar surface area (TPSA) is 62.0 Å². The van der Waals surface area contributed by atoms with Gasteiger partial charge in [0.25, 0.3) is 5.56 Å². The Bertz CT molecular complexity index is 861. The fourth-order valence-electron chi connectivity index (χ4n) is 4.46. The lowest BCUT2D eigenvalue weighted by Gasteiger charge is -2.27. The molecule has 1 aromatic carbocycles. The Labute approximate surface area is 161 Å². The molecule has 1 amide bonds. The first-order chi connectivity index (χ1) is 13.0. The number of aromatic nitrogens is 1. The molecular formula is C23H32N2O2. The molecule has 2 aromatic rings. The van der Waals surface area contributed by atoms with E-state index < -0.39 is 0 Å². The number of hydrogen-bond donors (Lipinski definition) is 2. The minimum absolute atomic E-state index is 0.0311. The lowest BCUT2D eigenvalue weighted by atomic mass is 9.79. The van der Waals surface area contributed by atoms with Crippen molar-refractivity contribution in [3.8, 4) is 0 Å². The maximum atomic E-state index is 12.7. The first-order valence-corrected chi connectivity index (χ1v) is 10.5. The van der Waals surface area contributed by atoms with Crippen molar-refractivity contribution < 1.29 is 4.79 Å². The number of unbranched alkanes of at least 4 members (excludes halogenated alkanes) is 1. The number of carbonyl (C=O) groups is 1. The van der Waals surface area contributed by atoms with E-state index in [1.807, 2.05) is 32.0 Å². The van der Waals surface area contributed by atoms with Crippen molar-refractivity contribution in [2.45, 2.75) is 72.1 Å². The molecule has 1 fully saturated rings. The standard InChI is InChI=1S/C23H32N2O2/c1-4-6-7-16-8-10-17(11-9-16)22(26)24-18-12-13-20-15(3)19(5-2)23(27)25-21(20)14-18/h12-14,16-17H,4-11H2,1-3H3,(H,24,26)(H,25,27). The van der Waals surface area contributed by atoms with Gasteiger partial charge >= 0.3 is 0 Å². The van der Waals surface area contributed by atoms with Gasteiger partial charge in [0.15, 0.2) is 0 Å². The van der Waals surface area contributed by atoms with Crippen molar-refractivity contribution in [1.29, 1.82) is 0 Å². The highest BCUT2D eigenvalue weighted by molar-refractivity contribution is 5.95. The summed E-state index contributed by atoms with van der Waals surface area (Å²) >= 11 is 0. The van der Waals surface area contributed by atoms with Gasteiger partial charge in [0.1, 0.15) is 0 Å². The highest BCUT2D eigenvalue weighted by Crippen LogP contribution is 2.32. The molecule has 0 spiro atoms. The SMILES string of the molecule is CCCCC1CCC(C(=O)Nc2ccc3c(C)c(CC)c(=O)[nH]c3c2)CC1. The molecule has 1 heterocycles. The first kappa shape index (κ1) is 19.7. The average Bonchev–Trinajstić information content (AvgIpc) is 2.67. The molecule has 0 aliphatic heterocycles. The minimum atomic E-state index is -0.0311. The molecule has 0 atom stereocenters. The molecule has 0 radical (unpaired) electrons. The van der Waals surface area contributed by atoms with Crippen LogP contribution in [0.3, 0.4) is 0 Å². The number of benzene rings is 1.